The standard InChI is InChI=1S/C10H18N4/c1-2-4-11-6-7-12-8-10-3-5-13-14-9-10/h3,5,9,11-12H,2,4,6-8H2,1H3. The Morgan fingerprint density at radius 1 is 1.14 bits per heavy atom. The summed E-state index contributed by atoms with van der Waals surface area (Å²) >= 11 is 0. The lowest BCUT2D eigenvalue weighted by atomic mass is 10.3. The van der Waals surface area contributed by atoms with Crippen LogP contribution in [0.2, 0.25) is 0 Å². The Labute approximate surface area is 85.1 Å². The fourth-order valence-corrected chi connectivity index (χ4v) is 1.13. The van der Waals surface area contributed by atoms with Crippen molar-refractivity contribution in [1.82, 2.24) is 20.8 Å². The molecule has 0 spiro atoms. The van der Waals surface area contributed by atoms with Crippen molar-refractivity contribution in [2.75, 3.05) is 19.6 Å². The van der Waals surface area contributed by atoms with Gasteiger partial charge < -0.3 is 10.6 Å². The molecule has 1 aromatic heterocycles. The molecule has 0 aromatic carbocycles. The van der Waals surface area contributed by atoms with E-state index in [4.69, 9.17) is 0 Å². The zero-order valence-corrected chi connectivity index (χ0v) is 8.66. The van der Waals surface area contributed by atoms with Gasteiger partial charge in [0.1, 0.15) is 0 Å². The van der Waals surface area contributed by atoms with E-state index in [1.165, 1.54) is 12.0 Å². The largest absolute Gasteiger partial charge is 0.315 e. The predicted molar refractivity (Wildman–Crippen MR) is 56.9 cm³/mol. The molecule has 0 aliphatic heterocycles. The average molecular weight is 194 g/mol. The van der Waals surface area contributed by atoms with Gasteiger partial charge in [-0.05, 0) is 24.6 Å². The van der Waals surface area contributed by atoms with Gasteiger partial charge in [0.05, 0.1) is 6.20 Å². The molecule has 14 heavy (non-hydrogen) atoms. The van der Waals surface area contributed by atoms with Crippen LogP contribution in [-0.2, 0) is 6.54 Å². The normalized spacial score (nSPS) is 10.4. The number of aromatic nitrogens is 2. The minimum Gasteiger partial charge on any atom is -0.315 e. The van der Waals surface area contributed by atoms with Gasteiger partial charge in [-0.2, -0.15) is 10.2 Å². The molecular weight excluding hydrogens is 176 g/mol. The monoisotopic (exact) mass is 194 g/mol. The number of hydrogen-bond donors (Lipinski definition) is 2. The molecule has 0 bridgehead atoms. The molecule has 0 saturated heterocycles. The molecule has 1 aromatic rings. The molecule has 1 rings (SSSR count). The maximum Gasteiger partial charge on any atom is 0.0541 e. The molecule has 0 saturated carbocycles. The Balaban J connectivity index is 1.99. The summed E-state index contributed by atoms with van der Waals surface area (Å²) in [6.07, 6.45) is 4.69. The lowest BCUT2D eigenvalue weighted by Gasteiger charge is -2.04. The quantitative estimate of drug-likeness (QED) is 0.623. The Morgan fingerprint density at radius 3 is 2.71 bits per heavy atom. The van der Waals surface area contributed by atoms with Crippen LogP contribution in [0.3, 0.4) is 0 Å². The summed E-state index contributed by atoms with van der Waals surface area (Å²) in [5.74, 6) is 0. The van der Waals surface area contributed by atoms with Crippen LogP contribution in [0.15, 0.2) is 18.5 Å². The Hall–Kier alpha value is -1.00. The van der Waals surface area contributed by atoms with Crippen LogP contribution >= 0.6 is 0 Å². The molecule has 2 N–H and O–H groups in total. The maximum absolute atomic E-state index is 3.81. The second kappa shape index (κ2) is 7.41. The highest BCUT2D eigenvalue weighted by molar-refractivity contribution is 5.04. The van der Waals surface area contributed by atoms with Gasteiger partial charge in [-0.3, -0.25) is 0 Å². The van der Waals surface area contributed by atoms with E-state index in [0.717, 1.165) is 26.2 Å². The third-order valence-electron chi connectivity index (χ3n) is 1.88. The van der Waals surface area contributed by atoms with Gasteiger partial charge in [0.25, 0.3) is 0 Å². The number of rotatable bonds is 7. The second-order valence-electron chi connectivity index (χ2n) is 3.18. The van der Waals surface area contributed by atoms with Crippen LogP contribution in [0.1, 0.15) is 18.9 Å². The number of nitrogens with zero attached hydrogens (tertiary/aromatic N) is 2. The Bertz CT molecular complexity index is 225. The van der Waals surface area contributed by atoms with Gasteiger partial charge in [-0.25, -0.2) is 0 Å². The number of hydrogen-bond acceptors (Lipinski definition) is 4. The molecule has 0 aliphatic carbocycles. The number of nitrogens with one attached hydrogen (secondary N) is 2. The summed E-state index contributed by atoms with van der Waals surface area (Å²) in [5.41, 5.74) is 1.18. The first-order valence-electron chi connectivity index (χ1n) is 5.10. The summed E-state index contributed by atoms with van der Waals surface area (Å²) in [6.45, 7) is 6.14. The van der Waals surface area contributed by atoms with Crippen molar-refractivity contribution in [3.05, 3.63) is 24.0 Å². The molecule has 0 atom stereocenters. The topological polar surface area (TPSA) is 49.8 Å². The summed E-state index contributed by atoms with van der Waals surface area (Å²) in [5, 5.41) is 14.2. The zero-order chi connectivity index (χ0) is 10.1. The fraction of sp³-hybridized carbons (Fsp3) is 0.600. The summed E-state index contributed by atoms with van der Waals surface area (Å²) < 4.78 is 0. The minimum atomic E-state index is 0.864. The smallest absolute Gasteiger partial charge is 0.0541 e. The van der Waals surface area contributed by atoms with E-state index < -0.39 is 0 Å². The summed E-state index contributed by atoms with van der Waals surface area (Å²) in [7, 11) is 0. The van der Waals surface area contributed by atoms with E-state index in [1.54, 1.807) is 12.4 Å². The minimum absolute atomic E-state index is 0.864. The Morgan fingerprint density at radius 2 is 2.00 bits per heavy atom. The first-order chi connectivity index (χ1) is 6.93. The maximum atomic E-state index is 3.81. The van der Waals surface area contributed by atoms with Crippen LogP contribution in [0.5, 0.6) is 0 Å². The van der Waals surface area contributed by atoms with Crippen molar-refractivity contribution in [1.29, 1.82) is 0 Å². The van der Waals surface area contributed by atoms with Crippen LogP contribution in [0, 0.1) is 0 Å². The fourth-order valence-electron chi connectivity index (χ4n) is 1.13. The molecule has 78 valence electrons. The second-order valence-corrected chi connectivity index (χ2v) is 3.18. The van der Waals surface area contributed by atoms with Gasteiger partial charge in [0, 0.05) is 25.8 Å². The van der Waals surface area contributed by atoms with E-state index in [-0.39, 0.29) is 0 Å². The SMILES string of the molecule is CCCNCCNCc1ccnnc1. The highest BCUT2D eigenvalue weighted by atomic mass is 15.1. The lowest BCUT2D eigenvalue weighted by Crippen LogP contribution is -2.27. The lowest BCUT2D eigenvalue weighted by molar-refractivity contribution is 0.605. The van der Waals surface area contributed by atoms with Gasteiger partial charge in [0.2, 0.25) is 0 Å². The molecule has 0 amide bonds. The van der Waals surface area contributed by atoms with Gasteiger partial charge in [-0.15, -0.1) is 0 Å². The van der Waals surface area contributed by atoms with E-state index in [0.29, 0.717) is 0 Å². The van der Waals surface area contributed by atoms with Crippen molar-refractivity contribution >= 4 is 0 Å². The predicted octanol–water partition coefficient (Wildman–Crippen LogP) is 0.566. The van der Waals surface area contributed by atoms with Gasteiger partial charge in [0.15, 0.2) is 0 Å². The molecular formula is C10H18N4. The van der Waals surface area contributed by atoms with Crippen molar-refractivity contribution in [2.24, 2.45) is 0 Å². The highest BCUT2D eigenvalue weighted by Crippen LogP contribution is 1.91. The molecule has 4 heteroatoms. The van der Waals surface area contributed by atoms with Crippen LogP contribution in [0.4, 0.5) is 0 Å². The van der Waals surface area contributed by atoms with E-state index in [9.17, 15) is 0 Å². The van der Waals surface area contributed by atoms with Crippen molar-refractivity contribution in [2.45, 2.75) is 19.9 Å². The van der Waals surface area contributed by atoms with Crippen LogP contribution in [-0.4, -0.2) is 29.8 Å². The third-order valence-corrected chi connectivity index (χ3v) is 1.88. The van der Waals surface area contributed by atoms with Crippen molar-refractivity contribution in [3.63, 3.8) is 0 Å². The first-order valence-corrected chi connectivity index (χ1v) is 5.10. The zero-order valence-electron chi connectivity index (χ0n) is 8.66. The molecule has 4 nitrogen and oxygen atoms in total. The molecule has 1 heterocycles. The van der Waals surface area contributed by atoms with Gasteiger partial charge >= 0.3 is 0 Å². The first kappa shape index (κ1) is 11.1. The van der Waals surface area contributed by atoms with Crippen LogP contribution < -0.4 is 10.6 Å². The van der Waals surface area contributed by atoms with Crippen molar-refractivity contribution < 1.29 is 0 Å². The van der Waals surface area contributed by atoms with Gasteiger partial charge in [-0.1, -0.05) is 6.92 Å². The molecule has 0 unspecified atom stereocenters. The average Bonchev–Trinajstić information content (AvgIpc) is 2.25. The van der Waals surface area contributed by atoms with E-state index in [1.807, 2.05) is 6.07 Å². The summed E-state index contributed by atoms with van der Waals surface area (Å²) in [6, 6.07) is 1.97. The van der Waals surface area contributed by atoms with Crippen molar-refractivity contribution in [3.8, 4) is 0 Å². The molecule has 0 radical (unpaired) electrons. The Kier molecular flexibility index (Phi) is 5.86. The van der Waals surface area contributed by atoms with E-state index in [2.05, 4.69) is 27.8 Å². The molecule has 0 fully saturated rings. The van der Waals surface area contributed by atoms with Crippen LogP contribution in [0.25, 0.3) is 0 Å². The molecule has 0 aliphatic rings. The third kappa shape index (κ3) is 4.89. The van der Waals surface area contributed by atoms with E-state index >= 15 is 0 Å². The highest BCUT2D eigenvalue weighted by Gasteiger charge is 1.91. The summed E-state index contributed by atoms with van der Waals surface area (Å²) in [4.78, 5) is 0.